The first-order valence-corrected chi connectivity index (χ1v) is 9.91. The molecule has 10 heteroatoms. The number of piperazine rings is 1. The molecule has 2 aliphatic heterocycles. The predicted molar refractivity (Wildman–Crippen MR) is 103 cm³/mol. The maximum atomic E-state index is 12.6. The van der Waals surface area contributed by atoms with Crippen molar-refractivity contribution in [3.8, 4) is 0 Å². The first-order valence-electron chi connectivity index (χ1n) is 9.13. The van der Waals surface area contributed by atoms with E-state index in [-0.39, 0.29) is 5.91 Å². The van der Waals surface area contributed by atoms with Gasteiger partial charge in [0.05, 0.1) is 18.9 Å². The second-order valence-electron chi connectivity index (χ2n) is 6.73. The van der Waals surface area contributed by atoms with Crippen LogP contribution >= 0.6 is 11.5 Å². The van der Waals surface area contributed by atoms with Crippen molar-refractivity contribution < 1.29 is 9.53 Å². The Labute approximate surface area is 162 Å². The number of nitrogens with zero attached hydrogens (tertiary/aromatic N) is 7. The van der Waals surface area contributed by atoms with Gasteiger partial charge >= 0.3 is 0 Å². The van der Waals surface area contributed by atoms with Crippen molar-refractivity contribution in [3.63, 3.8) is 0 Å². The van der Waals surface area contributed by atoms with Crippen molar-refractivity contribution in [1.82, 2.24) is 24.5 Å². The van der Waals surface area contributed by atoms with E-state index in [2.05, 4.69) is 24.4 Å². The smallest absolute Gasteiger partial charge is 0.267 e. The largest absolute Gasteiger partial charge is 0.378 e. The highest BCUT2D eigenvalue weighted by molar-refractivity contribution is 7.07. The maximum absolute atomic E-state index is 12.6. The fraction of sp³-hybridized carbons (Fsp3) is 0.588. The molecular formula is C17H23N7O2S. The van der Waals surface area contributed by atoms with E-state index in [4.69, 9.17) is 9.72 Å². The Bertz CT molecular complexity index is 813. The van der Waals surface area contributed by atoms with Crippen molar-refractivity contribution in [1.29, 1.82) is 0 Å². The summed E-state index contributed by atoms with van der Waals surface area (Å²) in [7, 11) is 0. The van der Waals surface area contributed by atoms with Gasteiger partial charge in [0.2, 0.25) is 5.95 Å². The van der Waals surface area contributed by atoms with Crippen LogP contribution in [0.4, 0.5) is 11.8 Å². The monoisotopic (exact) mass is 389 g/mol. The summed E-state index contributed by atoms with van der Waals surface area (Å²) in [6.45, 7) is 9.67. The molecule has 0 aromatic carbocycles. The third kappa shape index (κ3) is 3.86. The molecule has 2 saturated heterocycles. The zero-order valence-corrected chi connectivity index (χ0v) is 16.4. The van der Waals surface area contributed by atoms with E-state index >= 15 is 0 Å². The first-order chi connectivity index (χ1) is 13.1. The summed E-state index contributed by atoms with van der Waals surface area (Å²) in [5, 5.41) is 3.94. The van der Waals surface area contributed by atoms with Gasteiger partial charge in [0, 0.05) is 51.0 Å². The topological polar surface area (TPSA) is 87.6 Å². The molecule has 2 aromatic heterocycles. The van der Waals surface area contributed by atoms with Crippen LogP contribution in [0.3, 0.4) is 0 Å². The average Bonchev–Trinajstić information content (AvgIpc) is 3.13. The standard InChI is InChI=1S/C17H23N7O2S/c1-12-11-14(19-17(18-12)24-7-9-26-10-8-24)22-3-5-23(6-4-22)16(25)15-13(2)20-21-27-15/h11H,3-10H2,1-2H3. The minimum atomic E-state index is 0.0232. The van der Waals surface area contributed by atoms with E-state index in [1.165, 1.54) is 11.5 Å². The highest BCUT2D eigenvalue weighted by atomic mass is 32.1. The SMILES string of the molecule is Cc1cc(N2CCN(C(=O)c3snnc3C)CC2)nc(N2CCOCC2)n1. The van der Waals surface area contributed by atoms with Gasteiger partial charge in [0.25, 0.3) is 5.91 Å². The van der Waals surface area contributed by atoms with Gasteiger partial charge in [-0.2, -0.15) is 4.98 Å². The quantitative estimate of drug-likeness (QED) is 0.760. The zero-order valence-electron chi connectivity index (χ0n) is 15.6. The predicted octanol–water partition coefficient (Wildman–Crippen LogP) is 0.744. The van der Waals surface area contributed by atoms with E-state index in [9.17, 15) is 4.79 Å². The molecule has 0 radical (unpaired) electrons. The van der Waals surface area contributed by atoms with Crippen LogP contribution in [0.15, 0.2) is 6.07 Å². The number of carbonyl (C=O) groups excluding carboxylic acids is 1. The van der Waals surface area contributed by atoms with Crippen LogP contribution in [-0.4, -0.2) is 82.8 Å². The number of aromatic nitrogens is 4. The summed E-state index contributed by atoms with van der Waals surface area (Å²) >= 11 is 1.17. The normalized spacial score (nSPS) is 18.1. The molecule has 4 heterocycles. The van der Waals surface area contributed by atoms with E-state index in [1.807, 2.05) is 24.8 Å². The molecular weight excluding hydrogens is 366 g/mol. The number of anilines is 2. The third-order valence-corrected chi connectivity index (χ3v) is 5.68. The molecule has 0 atom stereocenters. The van der Waals surface area contributed by atoms with Crippen LogP contribution < -0.4 is 9.80 Å². The van der Waals surface area contributed by atoms with Crippen LogP contribution in [0.25, 0.3) is 0 Å². The van der Waals surface area contributed by atoms with Gasteiger partial charge in [0.15, 0.2) is 0 Å². The Balaban J connectivity index is 1.44. The maximum Gasteiger partial charge on any atom is 0.267 e. The van der Waals surface area contributed by atoms with E-state index < -0.39 is 0 Å². The van der Waals surface area contributed by atoms with Gasteiger partial charge in [-0.1, -0.05) is 4.49 Å². The lowest BCUT2D eigenvalue weighted by Gasteiger charge is -2.36. The Morgan fingerprint density at radius 2 is 1.78 bits per heavy atom. The molecule has 1 amide bonds. The minimum Gasteiger partial charge on any atom is -0.378 e. The number of carbonyl (C=O) groups is 1. The van der Waals surface area contributed by atoms with Crippen LogP contribution in [0.2, 0.25) is 0 Å². The van der Waals surface area contributed by atoms with Crippen molar-refractivity contribution in [2.24, 2.45) is 0 Å². The van der Waals surface area contributed by atoms with Crippen LogP contribution in [0, 0.1) is 13.8 Å². The molecule has 0 bridgehead atoms. The molecule has 27 heavy (non-hydrogen) atoms. The van der Waals surface area contributed by atoms with E-state index in [0.29, 0.717) is 36.9 Å². The molecule has 2 aliphatic rings. The van der Waals surface area contributed by atoms with Crippen LogP contribution in [-0.2, 0) is 4.74 Å². The van der Waals surface area contributed by atoms with Crippen molar-refractivity contribution in [2.75, 3.05) is 62.3 Å². The van der Waals surface area contributed by atoms with E-state index in [0.717, 1.165) is 43.6 Å². The summed E-state index contributed by atoms with van der Waals surface area (Å²) in [6.07, 6.45) is 0. The molecule has 2 fully saturated rings. The van der Waals surface area contributed by atoms with Gasteiger partial charge in [-0.05, 0) is 25.4 Å². The average molecular weight is 389 g/mol. The van der Waals surface area contributed by atoms with Crippen molar-refractivity contribution >= 4 is 29.2 Å². The summed E-state index contributed by atoms with van der Waals surface area (Å²) in [4.78, 5) is 28.9. The Hall–Kier alpha value is -2.33. The molecule has 0 saturated carbocycles. The second kappa shape index (κ2) is 7.73. The van der Waals surface area contributed by atoms with Crippen molar-refractivity contribution in [3.05, 3.63) is 22.3 Å². The van der Waals surface area contributed by atoms with Gasteiger partial charge in [0.1, 0.15) is 10.7 Å². The molecule has 0 aliphatic carbocycles. The second-order valence-corrected chi connectivity index (χ2v) is 7.49. The van der Waals surface area contributed by atoms with E-state index in [1.54, 1.807) is 0 Å². The zero-order chi connectivity index (χ0) is 18.8. The van der Waals surface area contributed by atoms with Gasteiger partial charge < -0.3 is 19.4 Å². The molecule has 0 spiro atoms. The van der Waals surface area contributed by atoms with Gasteiger partial charge in [-0.3, -0.25) is 4.79 Å². The third-order valence-electron chi connectivity index (χ3n) is 4.86. The fourth-order valence-electron chi connectivity index (χ4n) is 3.31. The fourth-order valence-corrected chi connectivity index (χ4v) is 3.94. The number of rotatable bonds is 3. The highest BCUT2D eigenvalue weighted by Gasteiger charge is 2.26. The van der Waals surface area contributed by atoms with Gasteiger partial charge in [-0.15, -0.1) is 5.10 Å². The van der Waals surface area contributed by atoms with Gasteiger partial charge in [-0.25, -0.2) is 4.98 Å². The number of morpholine rings is 1. The number of hydrogen-bond donors (Lipinski definition) is 0. The summed E-state index contributed by atoms with van der Waals surface area (Å²) in [5.41, 5.74) is 1.65. The minimum absolute atomic E-state index is 0.0232. The Morgan fingerprint density at radius 1 is 1.04 bits per heavy atom. The first kappa shape index (κ1) is 18.1. The summed E-state index contributed by atoms with van der Waals surface area (Å²) < 4.78 is 9.29. The number of amides is 1. The molecule has 9 nitrogen and oxygen atoms in total. The number of aryl methyl sites for hydroxylation is 2. The molecule has 0 unspecified atom stereocenters. The van der Waals surface area contributed by atoms with Crippen LogP contribution in [0.1, 0.15) is 21.1 Å². The summed E-state index contributed by atoms with van der Waals surface area (Å²) in [5.74, 6) is 1.71. The van der Waals surface area contributed by atoms with Crippen LogP contribution in [0.5, 0.6) is 0 Å². The molecule has 4 rings (SSSR count). The lowest BCUT2D eigenvalue weighted by Crippen LogP contribution is -2.49. The Kier molecular flexibility index (Phi) is 5.17. The number of ether oxygens (including phenoxy) is 1. The molecule has 2 aromatic rings. The molecule has 0 N–H and O–H groups in total. The number of hydrogen-bond acceptors (Lipinski definition) is 9. The molecule has 144 valence electrons. The van der Waals surface area contributed by atoms with Crippen molar-refractivity contribution in [2.45, 2.75) is 13.8 Å². The highest BCUT2D eigenvalue weighted by Crippen LogP contribution is 2.21. The Morgan fingerprint density at radius 3 is 2.44 bits per heavy atom. The lowest BCUT2D eigenvalue weighted by atomic mass is 10.2. The summed E-state index contributed by atoms with van der Waals surface area (Å²) in [6, 6.07) is 2.01. The lowest BCUT2D eigenvalue weighted by molar-refractivity contribution is 0.0750.